The molecule has 0 saturated carbocycles. The molecular weight excluding hydrogens is 190 g/mol. The van der Waals surface area contributed by atoms with Crippen LogP contribution in [-0.4, -0.2) is 21.6 Å². The number of H-pyrrole nitrogens is 1. The van der Waals surface area contributed by atoms with Crippen LogP contribution in [0.5, 0.6) is 5.88 Å². The first-order valence-electron chi connectivity index (χ1n) is 4.83. The maximum Gasteiger partial charge on any atom is 0.208 e. The molecule has 0 aliphatic rings. The van der Waals surface area contributed by atoms with Gasteiger partial charge in [0.2, 0.25) is 5.88 Å². The average Bonchev–Trinajstić information content (AvgIpc) is 2.67. The van der Waals surface area contributed by atoms with Gasteiger partial charge in [-0.05, 0) is 18.5 Å². The molecule has 0 fully saturated rings. The Balaban J connectivity index is 2.23. The lowest BCUT2D eigenvalue weighted by Gasteiger charge is -2.00. The Bertz CT molecular complexity index is 433. The summed E-state index contributed by atoms with van der Waals surface area (Å²) in [6.45, 7) is 0.654. The van der Waals surface area contributed by atoms with Crippen LogP contribution in [0.3, 0.4) is 0 Å². The summed E-state index contributed by atoms with van der Waals surface area (Å²) in [5.41, 5.74) is 7.62. The van der Waals surface area contributed by atoms with E-state index in [0.29, 0.717) is 12.4 Å². The summed E-state index contributed by atoms with van der Waals surface area (Å²) in [4.78, 5) is 6.79. The summed E-state index contributed by atoms with van der Waals surface area (Å²) in [6.07, 6.45) is 2.27. The third-order valence-electron chi connectivity index (χ3n) is 2.22. The van der Waals surface area contributed by atoms with Crippen LogP contribution in [0, 0.1) is 0 Å². The zero-order valence-electron chi connectivity index (χ0n) is 8.27. The molecule has 0 amide bonds. The highest BCUT2D eigenvalue weighted by Crippen LogP contribution is 2.18. The van der Waals surface area contributed by atoms with Crippen LogP contribution >= 0.6 is 0 Å². The first-order chi connectivity index (χ1) is 7.29. The van der Waals surface area contributed by atoms with Gasteiger partial charge in [-0.3, -0.25) is 0 Å². The van der Waals surface area contributed by atoms with E-state index >= 15 is 0 Å². The average molecular weight is 203 g/mol. The van der Waals surface area contributed by atoms with Gasteiger partial charge in [-0.2, -0.15) is 0 Å². The van der Waals surface area contributed by atoms with Crippen molar-refractivity contribution < 1.29 is 5.11 Å². The number of aromatic hydroxyl groups is 1. The second-order valence-electron chi connectivity index (χ2n) is 3.35. The molecule has 4 N–H and O–H groups in total. The van der Waals surface area contributed by atoms with Gasteiger partial charge in [0.15, 0.2) is 0 Å². The van der Waals surface area contributed by atoms with Crippen molar-refractivity contribution >= 4 is 0 Å². The van der Waals surface area contributed by atoms with Crippen molar-refractivity contribution in [1.82, 2.24) is 9.97 Å². The molecule has 2 aromatic rings. The second kappa shape index (κ2) is 4.14. The minimum Gasteiger partial charge on any atom is -0.493 e. The summed E-state index contributed by atoms with van der Waals surface area (Å²) in [5.74, 6) is 0.753. The SMILES string of the molecule is NCCc1ccc(-c2ncc(O)[nH]2)cc1. The van der Waals surface area contributed by atoms with E-state index in [2.05, 4.69) is 9.97 Å². The van der Waals surface area contributed by atoms with Gasteiger partial charge in [0.05, 0.1) is 6.20 Å². The highest BCUT2D eigenvalue weighted by atomic mass is 16.3. The molecule has 15 heavy (non-hydrogen) atoms. The zero-order chi connectivity index (χ0) is 10.7. The lowest BCUT2D eigenvalue weighted by Crippen LogP contribution is -2.02. The fourth-order valence-corrected chi connectivity index (χ4v) is 1.45. The molecule has 4 heteroatoms. The van der Waals surface area contributed by atoms with Gasteiger partial charge in [-0.1, -0.05) is 24.3 Å². The van der Waals surface area contributed by atoms with Gasteiger partial charge < -0.3 is 15.8 Å². The summed E-state index contributed by atoms with van der Waals surface area (Å²) >= 11 is 0. The Morgan fingerprint density at radius 1 is 1.27 bits per heavy atom. The number of benzene rings is 1. The number of nitrogens with one attached hydrogen (secondary N) is 1. The maximum atomic E-state index is 9.12. The number of rotatable bonds is 3. The van der Waals surface area contributed by atoms with Gasteiger partial charge >= 0.3 is 0 Å². The fourth-order valence-electron chi connectivity index (χ4n) is 1.45. The van der Waals surface area contributed by atoms with Crippen molar-refractivity contribution in [2.45, 2.75) is 6.42 Å². The number of nitrogens with zero attached hydrogens (tertiary/aromatic N) is 1. The van der Waals surface area contributed by atoms with Crippen LogP contribution in [0.25, 0.3) is 11.4 Å². The molecule has 1 aromatic heterocycles. The topological polar surface area (TPSA) is 74.9 Å². The molecule has 0 bridgehead atoms. The standard InChI is InChI=1S/C11H13N3O/c12-6-5-8-1-3-9(4-2-8)11-13-7-10(15)14-11/h1-4,7,15H,5-6,12H2,(H,13,14). The molecule has 0 saturated heterocycles. The van der Waals surface area contributed by atoms with E-state index < -0.39 is 0 Å². The lowest BCUT2D eigenvalue weighted by atomic mass is 10.1. The van der Waals surface area contributed by atoms with Crippen molar-refractivity contribution in [2.24, 2.45) is 5.73 Å². The summed E-state index contributed by atoms with van der Waals surface area (Å²) in [5, 5.41) is 9.12. The molecule has 1 heterocycles. The fraction of sp³-hybridized carbons (Fsp3) is 0.182. The Labute approximate surface area is 87.8 Å². The molecule has 0 aliphatic carbocycles. The van der Waals surface area contributed by atoms with Gasteiger partial charge in [-0.15, -0.1) is 0 Å². The van der Waals surface area contributed by atoms with Crippen molar-refractivity contribution in [3.8, 4) is 17.3 Å². The molecule has 1 aromatic carbocycles. The Hall–Kier alpha value is -1.81. The Morgan fingerprint density at radius 2 is 2.00 bits per heavy atom. The number of hydrogen-bond donors (Lipinski definition) is 3. The molecule has 4 nitrogen and oxygen atoms in total. The molecule has 2 rings (SSSR count). The van der Waals surface area contributed by atoms with E-state index in [9.17, 15) is 0 Å². The van der Waals surface area contributed by atoms with Crippen LogP contribution in [0.2, 0.25) is 0 Å². The summed E-state index contributed by atoms with van der Waals surface area (Å²) in [7, 11) is 0. The third-order valence-corrected chi connectivity index (χ3v) is 2.22. The van der Waals surface area contributed by atoms with Crippen LogP contribution < -0.4 is 5.73 Å². The molecule has 0 radical (unpaired) electrons. The molecule has 0 spiro atoms. The zero-order valence-corrected chi connectivity index (χ0v) is 8.27. The van der Waals surface area contributed by atoms with E-state index in [1.54, 1.807) is 0 Å². The van der Waals surface area contributed by atoms with Crippen LogP contribution in [0.15, 0.2) is 30.5 Å². The number of aromatic amines is 1. The molecule has 0 atom stereocenters. The molecule has 0 unspecified atom stereocenters. The molecular formula is C11H13N3O. The van der Waals surface area contributed by atoms with Gasteiger partial charge in [0.25, 0.3) is 0 Å². The predicted octanol–water partition coefficient (Wildman–Crippen LogP) is 1.28. The number of hydrogen-bond acceptors (Lipinski definition) is 3. The smallest absolute Gasteiger partial charge is 0.208 e. The van der Waals surface area contributed by atoms with E-state index in [4.69, 9.17) is 10.8 Å². The van der Waals surface area contributed by atoms with E-state index in [-0.39, 0.29) is 5.88 Å². The Kier molecular flexibility index (Phi) is 2.69. The second-order valence-corrected chi connectivity index (χ2v) is 3.35. The van der Waals surface area contributed by atoms with Crippen LogP contribution in [0.4, 0.5) is 0 Å². The first-order valence-corrected chi connectivity index (χ1v) is 4.83. The molecule has 78 valence electrons. The van der Waals surface area contributed by atoms with Crippen LogP contribution in [0.1, 0.15) is 5.56 Å². The highest BCUT2D eigenvalue weighted by molar-refractivity contribution is 5.56. The number of nitrogens with two attached hydrogens (primary N) is 1. The van der Waals surface area contributed by atoms with E-state index in [1.807, 2.05) is 24.3 Å². The summed E-state index contributed by atoms with van der Waals surface area (Å²) < 4.78 is 0. The van der Waals surface area contributed by atoms with Gasteiger partial charge in [-0.25, -0.2) is 4.98 Å². The van der Waals surface area contributed by atoms with Gasteiger partial charge in [0.1, 0.15) is 5.82 Å². The van der Waals surface area contributed by atoms with Crippen molar-refractivity contribution in [1.29, 1.82) is 0 Å². The normalized spacial score (nSPS) is 10.5. The quantitative estimate of drug-likeness (QED) is 0.703. The minimum atomic E-state index is 0.0797. The first kappa shape index (κ1) is 9.73. The Morgan fingerprint density at radius 3 is 2.53 bits per heavy atom. The third kappa shape index (κ3) is 2.16. The predicted molar refractivity (Wildman–Crippen MR) is 58.4 cm³/mol. The van der Waals surface area contributed by atoms with Crippen LogP contribution in [-0.2, 0) is 6.42 Å². The molecule has 0 aliphatic heterocycles. The lowest BCUT2D eigenvalue weighted by molar-refractivity contribution is 0.457. The summed E-state index contributed by atoms with van der Waals surface area (Å²) in [6, 6.07) is 7.95. The minimum absolute atomic E-state index is 0.0797. The van der Waals surface area contributed by atoms with Crippen molar-refractivity contribution in [3.05, 3.63) is 36.0 Å². The highest BCUT2D eigenvalue weighted by Gasteiger charge is 2.01. The van der Waals surface area contributed by atoms with Crippen molar-refractivity contribution in [3.63, 3.8) is 0 Å². The van der Waals surface area contributed by atoms with Gasteiger partial charge in [0, 0.05) is 5.56 Å². The monoisotopic (exact) mass is 203 g/mol. The number of imidazole rings is 1. The van der Waals surface area contributed by atoms with E-state index in [1.165, 1.54) is 11.8 Å². The van der Waals surface area contributed by atoms with E-state index in [0.717, 1.165) is 12.0 Å². The number of aromatic nitrogens is 2. The maximum absolute atomic E-state index is 9.12. The largest absolute Gasteiger partial charge is 0.493 e. The van der Waals surface area contributed by atoms with Crippen molar-refractivity contribution in [2.75, 3.05) is 6.54 Å².